The predicted molar refractivity (Wildman–Crippen MR) is 66.8 cm³/mol. The Balaban J connectivity index is 2.32. The summed E-state index contributed by atoms with van der Waals surface area (Å²) in [6, 6.07) is -1.75. The van der Waals surface area contributed by atoms with Crippen LogP contribution in [0.1, 0.15) is 39.0 Å². The van der Waals surface area contributed by atoms with Gasteiger partial charge in [0.15, 0.2) is 0 Å². The molecular formula is C12H20N2O5. The van der Waals surface area contributed by atoms with E-state index in [1.165, 1.54) is 12.8 Å². The molecule has 0 aromatic carbocycles. The minimum absolute atomic E-state index is 0.0126. The van der Waals surface area contributed by atoms with Gasteiger partial charge < -0.3 is 20.8 Å². The zero-order valence-corrected chi connectivity index (χ0v) is 10.9. The van der Waals surface area contributed by atoms with E-state index in [9.17, 15) is 14.4 Å². The molecule has 0 aromatic heterocycles. The molecule has 4 N–H and O–H groups in total. The topological polar surface area (TPSA) is 116 Å². The number of aliphatic carboxylic acids is 2. The summed E-state index contributed by atoms with van der Waals surface area (Å²) in [4.78, 5) is 32.9. The van der Waals surface area contributed by atoms with Gasteiger partial charge in [-0.05, 0) is 25.7 Å². The summed E-state index contributed by atoms with van der Waals surface area (Å²) in [5.41, 5.74) is 0. The number of carboxylic acid groups (broad SMARTS) is 2. The predicted octanol–water partition coefficient (Wildman–Crippen LogP) is 0.792. The highest BCUT2D eigenvalue weighted by Crippen LogP contribution is 2.33. The van der Waals surface area contributed by atoms with Gasteiger partial charge in [-0.15, -0.1) is 0 Å². The molecule has 0 heterocycles. The van der Waals surface area contributed by atoms with Gasteiger partial charge in [0.25, 0.3) is 0 Å². The number of hydrogen-bond donors (Lipinski definition) is 4. The van der Waals surface area contributed by atoms with Crippen molar-refractivity contribution in [2.24, 2.45) is 5.92 Å². The number of carboxylic acids is 2. The van der Waals surface area contributed by atoms with Crippen LogP contribution in [0.25, 0.3) is 0 Å². The number of hydrogen-bond acceptors (Lipinski definition) is 3. The van der Waals surface area contributed by atoms with Crippen LogP contribution in [0, 0.1) is 5.92 Å². The van der Waals surface area contributed by atoms with Gasteiger partial charge in [0.05, 0.1) is 0 Å². The first-order valence-electron chi connectivity index (χ1n) is 6.40. The summed E-state index contributed by atoms with van der Waals surface area (Å²) in [6.45, 7) is 1.87. The largest absolute Gasteiger partial charge is 0.481 e. The lowest BCUT2D eigenvalue weighted by molar-refractivity contribution is -0.140. The average Bonchev–Trinajstić information content (AvgIpc) is 3.06. The maximum Gasteiger partial charge on any atom is 0.326 e. The van der Waals surface area contributed by atoms with Crippen LogP contribution in [0.15, 0.2) is 0 Å². The zero-order valence-electron chi connectivity index (χ0n) is 10.9. The maximum atomic E-state index is 11.6. The average molecular weight is 272 g/mol. The molecule has 1 fully saturated rings. The molecule has 1 aliphatic rings. The van der Waals surface area contributed by atoms with Crippen LogP contribution < -0.4 is 10.6 Å². The monoisotopic (exact) mass is 272 g/mol. The quantitative estimate of drug-likeness (QED) is 0.521. The molecule has 7 nitrogen and oxygen atoms in total. The Labute approximate surface area is 111 Å². The fraction of sp³-hybridized carbons (Fsp3) is 0.750. The van der Waals surface area contributed by atoms with Crippen molar-refractivity contribution in [3.8, 4) is 0 Å². The number of amides is 2. The third kappa shape index (κ3) is 6.64. The molecule has 108 valence electrons. The highest BCUT2D eigenvalue weighted by atomic mass is 16.4. The van der Waals surface area contributed by atoms with Crippen LogP contribution in [-0.4, -0.2) is 40.3 Å². The first-order chi connectivity index (χ1) is 8.88. The van der Waals surface area contributed by atoms with Gasteiger partial charge in [0.1, 0.15) is 6.04 Å². The number of rotatable bonds is 8. The van der Waals surface area contributed by atoms with Crippen molar-refractivity contribution in [2.75, 3.05) is 0 Å². The molecule has 0 radical (unpaired) electrons. The Bertz CT molecular complexity index is 354. The van der Waals surface area contributed by atoms with Crippen molar-refractivity contribution in [2.45, 2.75) is 51.1 Å². The van der Waals surface area contributed by atoms with E-state index in [0.717, 1.165) is 6.42 Å². The Morgan fingerprint density at radius 2 is 1.84 bits per heavy atom. The summed E-state index contributed by atoms with van der Waals surface area (Å²) >= 11 is 0. The van der Waals surface area contributed by atoms with Crippen LogP contribution in [-0.2, 0) is 9.59 Å². The van der Waals surface area contributed by atoms with Crippen molar-refractivity contribution in [1.29, 1.82) is 0 Å². The molecule has 0 bridgehead atoms. The fourth-order valence-corrected chi connectivity index (χ4v) is 1.86. The number of carbonyl (C=O) groups is 3. The van der Waals surface area contributed by atoms with E-state index in [2.05, 4.69) is 10.6 Å². The van der Waals surface area contributed by atoms with Crippen LogP contribution in [0.5, 0.6) is 0 Å². The van der Waals surface area contributed by atoms with E-state index < -0.39 is 24.0 Å². The van der Waals surface area contributed by atoms with Crippen molar-refractivity contribution in [1.82, 2.24) is 10.6 Å². The molecule has 1 aliphatic carbocycles. The van der Waals surface area contributed by atoms with E-state index in [0.29, 0.717) is 5.92 Å². The molecule has 2 atom stereocenters. The van der Waals surface area contributed by atoms with Crippen LogP contribution in [0.3, 0.4) is 0 Å². The maximum absolute atomic E-state index is 11.6. The van der Waals surface area contributed by atoms with Gasteiger partial charge in [0, 0.05) is 12.5 Å². The molecule has 0 saturated heterocycles. The van der Waals surface area contributed by atoms with Crippen molar-refractivity contribution >= 4 is 18.0 Å². The Kier molecular flexibility index (Phi) is 5.59. The fourth-order valence-electron chi connectivity index (χ4n) is 1.86. The number of nitrogens with one attached hydrogen (secondary N) is 2. The molecule has 19 heavy (non-hydrogen) atoms. The molecule has 2 unspecified atom stereocenters. The zero-order chi connectivity index (χ0) is 14.4. The molecule has 7 heteroatoms. The third-order valence-electron chi connectivity index (χ3n) is 3.01. The van der Waals surface area contributed by atoms with Gasteiger partial charge >= 0.3 is 18.0 Å². The highest BCUT2D eigenvalue weighted by Gasteiger charge is 2.25. The highest BCUT2D eigenvalue weighted by molar-refractivity contribution is 5.83. The Morgan fingerprint density at radius 3 is 2.32 bits per heavy atom. The van der Waals surface area contributed by atoms with E-state index >= 15 is 0 Å². The minimum atomic E-state index is -1.23. The third-order valence-corrected chi connectivity index (χ3v) is 3.01. The second-order valence-electron chi connectivity index (χ2n) is 5.02. The molecule has 0 aromatic rings. The summed E-state index contributed by atoms with van der Waals surface area (Å²) in [7, 11) is 0. The summed E-state index contributed by atoms with van der Waals surface area (Å²) < 4.78 is 0. The smallest absolute Gasteiger partial charge is 0.326 e. The first-order valence-corrected chi connectivity index (χ1v) is 6.40. The van der Waals surface area contributed by atoms with Crippen LogP contribution in [0.2, 0.25) is 0 Å². The SMILES string of the molecule is CC(CC1CC1)NC(=O)NC(CCC(=O)O)C(=O)O. The standard InChI is InChI=1S/C12H20N2O5/c1-7(6-8-2-3-8)13-12(19)14-9(11(17)18)4-5-10(15)16/h7-9H,2-6H2,1H3,(H,15,16)(H,17,18)(H2,13,14,19). The van der Waals surface area contributed by atoms with Crippen LogP contribution >= 0.6 is 0 Å². The van der Waals surface area contributed by atoms with Gasteiger partial charge in [-0.25, -0.2) is 9.59 Å². The van der Waals surface area contributed by atoms with E-state index in [1.54, 1.807) is 0 Å². The second-order valence-corrected chi connectivity index (χ2v) is 5.02. The lowest BCUT2D eigenvalue weighted by Gasteiger charge is -2.17. The molecule has 1 saturated carbocycles. The van der Waals surface area contributed by atoms with Crippen molar-refractivity contribution < 1.29 is 24.6 Å². The summed E-state index contributed by atoms with van der Waals surface area (Å²) in [5.74, 6) is -1.65. The minimum Gasteiger partial charge on any atom is -0.481 e. The van der Waals surface area contributed by atoms with Gasteiger partial charge in [-0.1, -0.05) is 12.8 Å². The Hall–Kier alpha value is -1.79. The first kappa shape index (κ1) is 15.3. The normalized spacial score (nSPS) is 17.3. The van der Waals surface area contributed by atoms with Crippen molar-refractivity contribution in [3.05, 3.63) is 0 Å². The molecule has 1 rings (SSSR count). The molecule has 0 aliphatic heterocycles. The van der Waals surface area contributed by atoms with Crippen LogP contribution in [0.4, 0.5) is 4.79 Å². The second kappa shape index (κ2) is 6.96. The number of carbonyl (C=O) groups excluding carboxylic acids is 1. The van der Waals surface area contributed by atoms with Gasteiger partial charge in [-0.3, -0.25) is 4.79 Å². The van der Waals surface area contributed by atoms with E-state index in [-0.39, 0.29) is 18.9 Å². The van der Waals surface area contributed by atoms with E-state index in [4.69, 9.17) is 10.2 Å². The molecule has 2 amide bonds. The summed E-state index contributed by atoms with van der Waals surface area (Å²) in [6.07, 6.45) is 2.83. The molecule has 0 spiro atoms. The lowest BCUT2D eigenvalue weighted by Crippen LogP contribution is -2.48. The number of urea groups is 1. The van der Waals surface area contributed by atoms with Gasteiger partial charge in [0.2, 0.25) is 0 Å². The summed E-state index contributed by atoms with van der Waals surface area (Å²) in [5, 5.41) is 22.3. The molecular weight excluding hydrogens is 252 g/mol. The van der Waals surface area contributed by atoms with E-state index in [1.807, 2.05) is 6.92 Å². The Morgan fingerprint density at radius 1 is 1.21 bits per heavy atom. The van der Waals surface area contributed by atoms with Crippen molar-refractivity contribution in [3.63, 3.8) is 0 Å². The lowest BCUT2D eigenvalue weighted by atomic mass is 10.1. The van der Waals surface area contributed by atoms with Gasteiger partial charge in [-0.2, -0.15) is 0 Å².